The van der Waals surface area contributed by atoms with Crippen molar-refractivity contribution in [2.45, 2.75) is 77.0 Å². The monoisotopic (exact) mass is 308 g/mol. The molecule has 0 radical (unpaired) electrons. The summed E-state index contributed by atoms with van der Waals surface area (Å²) >= 11 is 0. The minimum absolute atomic E-state index is 0.295. The first kappa shape index (κ1) is 17.3. The number of hydrogen-bond donors (Lipinski definition) is 0. The zero-order chi connectivity index (χ0) is 15.6. The molecule has 22 heavy (non-hydrogen) atoms. The van der Waals surface area contributed by atoms with Crippen LogP contribution in [0.1, 0.15) is 77.0 Å². The van der Waals surface area contributed by atoms with E-state index < -0.39 is 0 Å². The molecular weight excluding hydrogens is 276 g/mol. The molecule has 0 unspecified atom stereocenters. The lowest BCUT2D eigenvalue weighted by Gasteiger charge is -2.21. The molecular formula is C18H32N2O2. The molecule has 2 fully saturated rings. The quantitative estimate of drug-likeness (QED) is 0.731. The van der Waals surface area contributed by atoms with Gasteiger partial charge in [-0.15, -0.1) is 0 Å². The normalized spacial score (nSPS) is 20.4. The molecule has 0 aromatic rings. The first-order chi connectivity index (χ1) is 10.8. The van der Waals surface area contributed by atoms with E-state index in [1.807, 2.05) is 9.80 Å². The van der Waals surface area contributed by atoms with Crippen molar-refractivity contribution in [1.82, 2.24) is 9.80 Å². The highest BCUT2D eigenvalue weighted by atomic mass is 16.2. The van der Waals surface area contributed by atoms with Gasteiger partial charge in [0.1, 0.15) is 0 Å². The summed E-state index contributed by atoms with van der Waals surface area (Å²) in [6.07, 6.45) is 12.6. The largest absolute Gasteiger partial charge is 0.343 e. The molecule has 0 aliphatic carbocycles. The van der Waals surface area contributed by atoms with Gasteiger partial charge in [0.2, 0.25) is 11.8 Å². The van der Waals surface area contributed by atoms with Crippen LogP contribution in [0.15, 0.2) is 0 Å². The van der Waals surface area contributed by atoms with Gasteiger partial charge in [0.05, 0.1) is 0 Å². The SMILES string of the molecule is O=C(CCCCC(=O)N1CCCCCC1)N1CCCCCC1. The molecule has 126 valence electrons. The van der Waals surface area contributed by atoms with E-state index in [1.54, 1.807) is 0 Å². The summed E-state index contributed by atoms with van der Waals surface area (Å²) in [6.45, 7) is 3.74. The number of likely N-dealkylation sites (tertiary alicyclic amines) is 2. The molecule has 2 saturated heterocycles. The fraction of sp³-hybridized carbons (Fsp3) is 0.889. The van der Waals surface area contributed by atoms with Gasteiger partial charge >= 0.3 is 0 Å². The third-order valence-corrected chi connectivity index (χ3v) is 4.95. The van der Waals surface area contributed by atoms with Crippen molar-refractivity contribution in [3.8, 4) is 0 Å². The molecule has 0 bridgehead atoms. The number of amides is 2. The average molecular weight is 308 g/mol. The summed E-state index contributed by atoms with van der Waals surface area (Å²) < 4.78 is 0. The predicted molar refractivity (Wildman–Crippen MR) is 88.6 cm³/mol. The Labute approximate surface area is 135 Å². The molecule has 0 saturated carbocycles. The van der Waals surface area contributed by atoms with E-state index in [4.69, 9.17) is 0 Å². The number of nitrogens with zero attached hydrogens (tertiary/aromatic N) is 2. The fourth-order valence-corrected chi connectivity index (χ4v) is 3.51. The van der Waals surface area contributed by atoms with Gasteiger partial charge in [-0.1, -0.05) is 25.7 Å². The Balaban J connectivity index is 1.59. The van der Waals surface area contributed by atoms with Crippen LogP contribution in [0.3, 0.4) is 0 Å². The molecule has 2 amide bonds. The van der Waals surface area contributed by atoms with E-state index in [2.05, 4.69) is 0 Å². The summed E-state index contributed by atoms with van der Waals surface area (Å²) in [6, 6.07) is 0. The number of rotatable bonds is 5. The first-order valence-electron chi connectivity index (χ1n) is 9.33. The Morgan fingerprint density at radius 2 is 0.864 bits per heavy atom. The summed E-state index contributed by atoms with van der Waals surface area (Å²) in [5.74, 6) is 0.591. The van der Waals surface area contributed by atoms with E-state index in [0.717, 1.165) is 64.7 Å². The Hall–Kier alpha value is -1.06. The van der Waals surface area contributed by atoms with Crippen LogP contribution in [-0.2, 0) is 9.59 Å². The maximum absolute atomic E-state index is 12.2. The minimum Gasteiger partial charge on any atom is -0.343 e. The van der Waals surface area contributed by atoms with Crippen molar-refractivity contribution >= 4 is 11.8 Å². The first-order valence-corrected chi connectivity index (χ1v) is 9.33. The molecule has 0 aromatic carbocycles. The van der Waals surface area contributed by atoms with E-state index in [9.17, 15) is 9.59 Å². The van der Waals surface area contributed by atoms with Crippen molar-refractivity contribution in [2.75, 3.05) is 26.2 Å². The maximum atomic E-state index is 12.2. The van der Waals surface area contributed by atoms with E-state index in [1.165, 1.54) is 25.7 Å². The maximum Gasteiger partial charge on any atom is 0.222 e. The Kier molecular flexibility index (Phi) is 7.75. The standard InChI is InChI=1S/C18H32N2O2/c21-17(19-13-7-1-2-8-14-19)11-5-6-12-18(22)20-15-9-3-4-10-16-20/h1-16H2. The van der Waals surface area contributed by atoms with Gasteiger partial charge < -0.3 is 9.80 Å². The molecule has 4 heteroatoms. The van der Waals surface area contributed by atoms with Gasteiger partial charge in [-0.3, -0.25) is 9.59 Å². The van der Waals surface area contributed by atoms with Crippen molar-refractivity contribution < 1.29 is 9.59 Å². The topological polar surface area (TPSA) is 40.6 Å². The van der Waals surface area contributed by atoms with Crippen LogP contribution in [0.4, 0.5) is 0 Å². The van der Waals surface area contributed by atoms with Crippen LogP contribution in [0.2, 0.25) is 0 Å². The lowest BCUT2D eigenvalue weighted by molar-refractivity contribution is -0.133. The lowest BCUT2D eigenvalue weighted by atomic mass is 10.1. The Morgan fingerprint density at radius 1 is 0.545 bits per heavy atom. The third kappa shape index (κ3) is 5.98. The zero-order valence-electron chi connectivity index (χ0n) is 14.0. The van der Waals surface area contributed by atoms with E-state index >= 15 is 0 Å². The van der Waals surface area contributed by atoms with Gasteiger partial charge in [0.15, 0.2) is 0 Å². The van der Waals surface area contributed by atoms with E-state index in [0.29, 0.717) is 24.7 Å². The summed E-state index contributed by atoms with van der Waals surface area (Å²) in [4.78, 5) is 28.4. The minimum atomic E-state index is 0.295. The van der Waals surface area contributed by atoms with Gasteiger partial charge in [0.25, 0.3) is 0 Å². The fourth-order valence-electron chi connectivity index (χ4n) is 3.51. The smallest absolute Gasteiger partial charge is 0.222 e. The van der Waals surface area contributed by atoms with Crippen molar-refractivity contribution in [2.24, 2.45) is 0 Å². The van der Waals surface area contributed by atoms with Crippen LogP contribution in [0, 0.1) is 0 Å². The molecule has 2 heterocycles. The van der Waals surface area contributed by atoms with Crippen LogP contribution >= 0.6 is 0 Å². The van der Waals surface area contributed by atoms with Crippen LogP contribution in [0.5, 0.6) is 0 Å². The molecule has 0 aromatic heterocycles. The zero-order valence-corrected chi connectivity index (χ0v) is 14.0. The highest BCUT2D eigenvalue weighted by molar-refractivity contribution is 5.77. The second-order valence-corrected chi connectivity index (χ2v) is 6.80. The second kappa shape index (κ2) is 9.86. The molecule has 2 rings (SSSR count). The molecule has 0 N–H and O–H groups in total. The third-order valence-electron chi connectivity index (χ3n) is 4.95. The predicted octanol–water partition coefficient (Wildman–Crippen LogP) is 3.35. The highest BCUT2D eigenvalue weighted by Gasteiger charge is 2.17. The van der Waals surface area contributed by atoms with E-state index in [-0.39, 0.29) is 0 Å². The van der Waals surface area contributed by atoms with Gasteiger partial charge in [0, 0.05) is 39.0 Å². The van der Waals surface area contributed by atoms with Gasteiger partial charge in [-0.25, -0.2) is 0 Å². The number of unbranched alkanes of at least 4 members (excludes halogenated alkanes) is 1. The van der Waals surface area contributed by atoms with Crippen molar-refractivity contribution in [3.05, 3.63) is 0 Å². The molecule has 0 atom stereocenters. The van der Waals surface area contributed by atoms with Gasteiger partial charge in [-0.05, 0) is 38.5 Å². The van der Waals surface area contributed by atoms with Crippen molar-refractivity contribution in [1.29, 1.82) is 0 Å². The Morgan fingerprint density at radius 3 is 1.18 bits per heavy atom. The second-order valence-electron chi connectivity index (χ2n) is 6.80. The summed E-state index contributed by atoms with van der Waals surface area (Å²) in [7, 11) is 0. The summed E-state index contributed by atoms with van der Waals surface area (Å²) in [5, 5.41) is 0. The molecule has 4 nitrogen and oxygen atoms in total. The average Bonchev–Trinajstić information content (AvgIpc) is 2.95. The number of hydrogen-bond acceptors (Lipinski definition) is 2. The van der Waals surface area contributed by atoms with Crippen LogP contribution in [-0.4, -0.2) is 47.8 Å². The molecule has 2 aliphatic rings. The van der Waals surface area contributed by atoms with Crippen LogP contribution in [0.25, 0.3) is 0 Å². The number of carbonyl (C=O) groups is 2. The molecule has 0 spiro atoms. The van der Waals surface area contributed by atoms with Crippen LogP contribution < -0.4 is 0 Å². The van der Waals surface area contributed by atoms with Gasteiger partial charge in [-0.2, -0.15) is 0 Å². The molecule has 2 aliphatic heterocycles. The lowest BCUT2D eigenvalue weighted by Crippen LogP contribution is -2.32. The summed E-state index contributed by atoms with van der Waals surface area (Å²) in [5.41, 5.74) is 0. The van der Waals surface area contributed by atoms with Crippen molar-refractivity contribution in [3.63, 3.8) is 0 Å². The highest BCUT2D eigenvalue weighted by Crippen LogP contribution is 2.14. The number of carbonyl (C=O) groups excluding carboxylic acids is 2. The Bertz CT molecular complexity index is 307.